The van der Waals surface area contributed by atoms with Crippen molar-refractivity contribution in [1.29, 1.82) is 0 Å². The Morgan fingerprint density at radius 1 is 1.28 bits per heavy atom. The molecule has 0 radical (unpaired) electrons. The van der Waals surface area contributed by atoms with Gasteiger partial charge in [-0.05, 0) is 18.8 Å². The van der Waals surface area contributed by atoms with Crippen LogP contribution in [0.1, 0.15) is 47.6 Å². The van der Waals surface area contributed by atoms with Gasteiger partial charge in [-0.3, -0.25) is 9.69 Å². The van der Waals surface area contributed by atoms with Crippen LogP contribution in [0.25, 0.3) is 11.4 Å². The first-order valence-corrected chi connectivity index (χ1v) is 10.2. The molecule has 1 aromatic carbocycles. The van der Waals surface area contributed by atoms with Gasteiger partial charge in [-0.25, -0.2) is 4.98 Å². The molecule has 2 aromatic heterocycles. The molecule has 1 amide bonds. The lowest BCUT2D eigenvalue weighted by molar-refractivity contribution is 0.0922. The highest BCUT2D eigenvalue weighted by Crippen LogP contribution is 2.40. The lowest BCUT2D eigenvalue weighted by atomic mass is 10.1. The Hall–Kier alpha value is -2.93. The minimum absolute atomic E-state index is 0.0973. The molecule has 1 saturated heterocycles. The van der Waals surface area contributed by atoms with Crippen molar-refractivity contribution in [3.63, 3.8) is 0 Å². The fraction of sp³-hybridized carbons (Fsp3) is 0.409. The molecule has 1 aliphatic carbocycles. The second kappa shape index (κ2) is 7.48. The van der Waals surface area contributed by atoms with Crippen molar-refractivity contribution < 1.29 is 9.32 Å². The molecule has 2 N–H and O–H groups in total. The van der Waals surface area contributed by atoms with Crippen molar-refractivity contribution >= 4 is 5.91 Å². The molecule has 2 aliphatic rings. The number of aromatic amines is 1. The van der Waals surface area contributed by atoms with Crippen molar-refractivity contribution in [3.8, 4) is 11.4 Å². The average Bonchev–Trinajstić information content (AvgIpc) is 3.13. The SMILES string of the molecule is C[C@H]1CN(Cc2cnc(-c3ccccc3)[nH]2)C[C@H]1NC(=O)c1cc(C2CC2)on1. The fourth-order valence-corrected chi connectivity index (χ4v) is 4.01. The third-order valence-corrected chi connectivity index (χ3v) is 5.81. The number of imidazole rings is 1. The lowest BCUT2D eigenvalue weighted by Gasteiger charge is -2.16. The van der Waals surface area contributed by atoms with Gasteiger partial charge in [0.25, 0.3) is 5.91 Å². The van der Waals surface area contributed by atoms with Gasteiger partial charge in [0.1, 0.15) is 11.6 Å². The zero-order chi connectivity index (χ0) is 19.8. The highest BCUT2D eigenvalue weighted by atomic mass is 16.5. The van der Waals surface area contributed by atoms with E-state index in [0.29, 0.717) is 17.5 Å². The Morgan fingerprint density at radius 2 is 2.10 bits per heavy atom. The summed E-state index contributed by atoms with van der Waals surface area (Å²) in [6.45, 7) is 4.69. The van der Waals surface area contributed by atoms with E-state index in [1.807, 2.05) is 36.5 Å². The van der Waals surface area contributed by atoms with E-state index in [-0.39, 0.29) is 11.9 Å². The zero-order valence-corrected chi connectivity index (χ0v) is 16.5. The normalized spacial score (nSPS) is 22.1. The number of amides is 1. The molecule has 3 heterocycles. The third-order valence-electron chi connectivity index (χ3n) is 5.81. The Balaban J connectivity index is 1.18. The average molecular weight is 391 g/mol. The lowest BCUT2D eigenvalue weighted by Crippen LogP contribution is -2.40. The number of benzene rings is 1. The van der Waals surface area contributed by atoms with E-state index in [1.54, 1.807) is 6.07 Å². The zero-order valence-electron chi connectivity index (χ0n) is 16.5. The Morgan fingerprint density at radius 3 is 2.90 bits per heavy atom. The van der Waals surface area contributed by atoms with E-state index in [9.17, 15) is 4.79 Å². The molecule has 1 saturated carbocycles. The first kappa shape index (κ1) is 18.1. The second-order valence-corrected chi connectivity index (χ2v) is 8.26. The summed E-state index contributed by atoms with van der Waals surface area (Å²) in [6, 6.07) is 12.0. The molecule has 150 valence electrons. The predicted octanol–water partition coefficient (Wildman–Crippen LogP) is 3.19. The van der Waals surface area contributed by atoms with Crippen molar-refractivity contribution in [2.24, 2.45) is 5.92 Å². The van der Waals surface area contributed by atoms with E-state index in [1.165, 1.54) is 0 Å². The molecule has 29 heavy (non-hydrogen) atoms. The summed E-state index contributed by atoms with van der Waals surface area (Å²) in [5.41, 5.74) is 2.55. The van der Waals surface area contributed by atoms with Crippen LogP contribution in [0.2, 0.25) is 0 Å². The highest BCUT2D eigenvalue weighted by molar-refractivity contribution is 5.92. The molecule has 7 heteroatoms. The topological polar surface area (TPSA) is 87.0 Å². The maximum absolute atomic E-state index is 12.6. The number of aromatic nitrogens is 3. The van der Waals surface area contributed by atoms with E-state index in [4.69, 9.17) is 4.52 Å². The number of carbonyl (C=O) groups excluding carboxylic acids is 1. The summed E-state index contributed by atoms with van der Waals surface area (Å²) < 4.78 is 5.31. The summed E-state index contributed by atoms with van der Waals surface area (Å²) in [4.78, 5) is 22.8. The minimum Gasteiger partial charge on any atom is -0.360 e. The summed E-state index contributed by atoms with van der Waals surface area (Å²) in [5, 5.41) is 7.08. The predicted molar refractivity (Wildman–Crippen MR) is 108 cm³/mol. The smallest absolute Gasteiger partial charge is 0.273 e. The second-order valence-electron chi connectivity index (χ2n) is 8.26. The Kier molecular flexibility index (Phi) is 4.67. The molecule has 3 aromatic rings. The van der Waals surface area contributed by atoms with Crippen molar-refractivity contribution in [1.82, 2.24) is 25.3 Å². The van der Waals surface area contributed by atoms with Gasteiger partial charge in [-0.2, -0.15) is 0 Å². The van der Waals surface area contributed by atoms with Crippen LogP contribution in [0, 0.1) is 5.92 Å². The van der Waals surface area contributed by atoms with Crippen LogP contribution in [0.15, 0.2) is 47.1 Å². The quantitative estimate of drug-likeness (QED) is 0.674. The third kappa shape index (κ3) is 3.96. The van der Waals surface area contributed by atoms with Gasteiger partial charge in [0.2, 0.25) is 0 Å². The van der Waals surface area contributed by atoms with Crippen LogP contribution in [0.3, 0.4) is 0 Å². The molecule has 0 spiro atoms. The molecular weight excluding hydrogens is 366 g/mol. The number of nitrogens with one attached hydrogen (secondary N) is 2. The summed E-state index contributed by atoms with van der Waals surface area (Å²) in [6.07, 6.45) is 4.16. The molecule has 2 atom stereocenters. The molecule has 7 nitrogen and oxygen atoms in total. The number of hydrogen-bond acceptors (Lipinski definition) is 5. The van der Waals surface area contributed by atoms with Crippen LogP contribution in [0.5, 0.6) is 0 Å². The number of rotatable bonds is 6. The van der Waals surface area contributed by atoms with Crippen LogP contribution in [-0.2, 0) is 6.54 Å². The largest absolute Gasteiger partial charge is 0.360 e. The van der Waals surface area contributed by atoms with E-state index < -0.39 is 0 Å². The van der Waals surface area contributed by atoms with Gasteiger partial charge in [0, 0.05) is 55.1 Å². The molecule has 0 unspecified atom stereocenters. The van der Waals surface area contributed by atoms with Crippen molar-refractivity contribution in [2.75, 3.05) is 13.1 Å². The molecule has 5 rings (SSSR count). The summed E-state index contributed by atoms with van der Waals surface area (Å²) in [5.74, 6) is 2.40. The first-order valence-electron chi connectivity index (χ1n) is 10.2. The molecule has 0 bridgehead atoms. The Labute approximate surface area is 169 Å². The van der Waals surface area contributed by atoms with Crippen LogP contribution >= 0.6 is 0 Å². The highest BCUT2D eigenvalue weighted by Gasteiger charge is 2.33. The maximum Gasteiger partial charge on any atom is 0.273 e. The molecular formula is C22H25N5O2. The minimum atomic E-state index is -0.146. The van der Waals surface area contributed by atoms with E-state index in [0.717, 1.165) is 55.3 Å². The maximum atomic E-state index is 12.6. The van der Waals surface area contributed by atoms with Gasteiger partial charge in [0.15, 0.2) is 5.69 Å². The molecule has 2 fully saturated rings. The van der Waals surface area contributed by atoms with Gasteiger partial charge in [-0.1, -0.05) is 42.4 Å². The van der Waals surface area contributed by atoms with Gasteiger partial charge >= 0.3 is 0 Å². The van der Waals surface area contributed by atoms with Crippen molar-refractivity contribution in [3.05, 3.63) is 59.7 Å². The monoisotopic (exact) mass is 391 g/mol. The number of likely N-dealkylation sites (tertiary alicyclic amines) is 1. The number of hydrogen-bond donors (Lipinski definition) is 2. The molecule has 1 aliphatic heterocycles. The summed E-state index contributed by atoms with van der Waals surface area (Å²) in [7, 11) is 0. The Bertz CT molecular complexity index is 992. The van der Waals surface area contributed by atoms with Crippen LogP contribution in [-0.4, -0.2) is 45.1 Å². The fourth-order valence-electron chi connectivity index (χ4n) is 4.01. The van der Waals surface area contributed by atoms with Gasteiger partial charge < -0.3 is 14.8 Å². The van der Waals surface area contributed by atoms with Crippen LogP contribution in [0.4, 0.5) is 0 Å². The standard InChI is InChI=1S/C22H25N5O2/c1-14-11-27(12-17-10-23-21(24-17)16-5-3-2-4-6-16)13-19(14)25-22(28)18-9-20(29-26-18)15-7-8-15/h2-6,9-10,14-15,19H,7-8,11-13H2,1H3,(H,23,24)(H,25,28)/t14-,19+/m0/s1. The van der Waals surface area contributed by atoms with E-state index >= 15 is 0 Å². The van der Waals surface area contributed by atoms with Crippen LogP contribution < -0.4 is 5.32 Å². The summed E-state index contributed by atoms with van der Waals surface area (Å²) >= 11 is 0. The number of carbonyl (C=O) groups is 1. The first-order chi connectivity index (χ1) is 14.2. The van der Waals surface area contributed by atoms with Gasteiger partial charge in [0.05, 0.1) is 0 Å². The number of nitrogens with zero attached hydrogens (tertiary/aromatic N) is 3. The van der Waals surface area contributed by atoms with E-state index in [2.05, 4.69) is 32.3 Å². The van der Waals surface area contributed by atoms with Crippen molar-refractivity contribution in [2.45, 2.75) is 38.3 Å². The number of H-pyrrole nitrogens is 1. The van der Waals surface area contributed by atoms with Gasteiger partial charge in [-0.15, -0.1) is 0 Å².